The largest absolute Gasteiger partial charge is 0.326 e. The van der Waals surface area contributed by atoms with E-state index in [1.165, 1.54) is 4.31 Å². The number of sulfonamides is 1. The summed E-state index contributed by atoms with van der Waals surface area (Å²) in [6.45, 7) is 0.602. The number of piperidine rings is 1. The van der Waals surface area contributed by atoms with Crippen LogP contribution in [0.3, 0.4) is 0 Å². The number of amides is 1. The molecule has 2 aromatic rings. The highest BCUT2D eigenvalue weighted by Crippen LogP contribution is 2.29. The van der Waals surface area contributed by atoms with Gasteiger partial charge in [-0.1, -0.05) is 29.3 Å². The molecule has 0 aliphatic carbocycles. The second-order valence-electron chi connectivity index (χ2n) is 6.63. The molecule has 28 heavy (non-hydrogen) atoms. The van der Waals surface area contributed by atoms with E-state index < -0.39 is 10.0 Å². The monoisotopic (exact) mass is 552 g/mol. The van der Waals surface area contributed by atoms with Crippen LogP contribution in [0, 0.1) is 9.49 Å². The Hall–Kier alpha value is -0.870. The fourth-order valence-electron chi connectivity index (χ4n) is 3.12. The van der Waals surface area contributed by atoms with Crippen molar-refractivity contribution in [1.29, 1.82) is 0 Å². The summed E-state index contributed by atoms with van der Waals surface area (Å²) in [6, 6.07) is 12.5. The molecule has 0 radical (unpaired) electrons. The molecule has 1 N–H and O–H groups in total. The van der Waals surface area contributed by atoms with Crippen molar-refractivity contribution in [2.75, 3.05) is 18.4 Å². The Bertz CT molecular complexity index is 939. The summed E-state index contributed by atoms with van der Waals surface area (Å²) >= 11 is 14.4. The van der Waals surface area contributed by atoms with Crippen LogP contribution in [0.2, 0.25) is 10.0 Å². The van der Waals surface area contributed by atoms with Gasteiger partial charge in [0.1, 0.15) is 0 Å². The van der Waals surface area contributed by atoms with Gasteiger partial charge in [0.2, 0.25) is 15.9 Å². The van der Waals surface area contributed by atoms with Gasteiger partial charge in [0.25, 0.3) is 0 Å². The van der Waals surface area contributed by atoms with Crippen LogP contribution in [0.4, 0.5) is 5.69 Å². The van der Waals surface area contributed by atoms with Gasteiger partial charge >= 0.3 is 0 Å². The molecule has 1 fully saturated rings. The predicted molar refractivity (Wildman–Crippen MR) is 121 cm³/mol. The first-order chi connectivity index (χ1) is 13.3. The van der Waals surface area contributed by atoms with E-state index in [1.54, 1.807) is 18.2 Å². The molecule has 0 spiro atoms. The smallest absolute Gasteiger partial charge is 0.227 e. The standard InChI is InChI=1S/C19H19Cl2IN2O3S/c20-17-2-1-3-18(21)16(17)12-28(26,27)24-10-8-13(9-11-24)19(25)23-15-6-4-14(22)5-7-15/h1-7,13H,8-12H2,(H,23,25). The Labute approximate surface area is 188 Å². The average molecular weight is 553 g/mol. The second kappa shape index (κ2) is 9.30. The normalized spacial score (nSPS) is 16.1. The van der Waals surface area contributed by atoms with Crippen molar-refractivity contribution in [3.8, 4) is 0 Å². The molecular weight excluding hydrogens is 534 g/mol. The number of carbonyl (C=O) groups is 1. The van der Waals surface area contributed by atoms with Crippen molar-refractivity contribution in [2.24, 2.45) is 5.92 Å². The minimum Gasteiger partial charge on any atom is -0.326 e. The van der Waals surface area contributed by atoms with Gasteiger partial charge in [-0.05, 0) is 71.8 Å². The number of rotatable bonds is 5. The van der Waals surface area contributed by atoms with Gasteiger partial charge in [-0.2, -0.15) is 0 Å². The van der Waals surface area contributed by atoms with E-state index in [-0.39, 0.29) is 17.6 Å². The third kappa shape index (κ3) is 5.38. The molecule has 2 aromatic carbocycles. The zero-order chi connectivity index (χ0) is 20.3. The average Bonchev–Trinajstić information content (AvgIpc) is 2.67. The summed E-state index contributed by atoms with van der Waals surface area (Å²) in [7, 11) is -3.56. The first-order valence-electron chi connectivity index (χ1n) is 8.73. The van der Waals surface area contributed by atoms with E-state index in [2.05, 4.69) is 27.9 Å². The molecular formula is C19H19Cl2IN2O3S. The van der Waals surface area contributed by atoms with Gasteiger partial charge in [0.15, 0.2) is 0 Å². The molecule has 0 bridgehead atoms. The molecule has 5 nitrogen and oxygen atoms in total. The Morgan fingerprint density at radius 2 is 1.64 bits per heavy atom. The molecule has 3 rings (SSSR count). The zero-order valence-corrected chi connectivity index (χ0v) is 19.4. The molecule has 0 atom stereocenters. The van der Waals surface area contributed by atoms with E-state index in [9.17, 15) is 13.2 Å². The predicted octanol–water partition coefficient (Wildman–Crippen LogP) is 4.78. The summed E-state index contributed by atoms with van der Waals surface area (Å²) < 4.78 is 28.0. The van der Waals surface area contributed by atoms with Crippen LogP contribution >= 0.6 is 45.8 Å². The van der Waals surface area contributed by atoms with Crippen molar-refractivity contribution >= 4 is 67.4 Å². The molecule has 0 aromatic heterocycles. The highest BCUT2D eigenvalue weighted by Gasteiger charge is 2.32. The van der Waals surface area contributed by atoms with Crippen molar-refractivity contribution in [3.05, 3.63) is 61.6 Å². The number of carbonyl (C=O) groups excluding carboxylic acids is 1. The molecule has 1 aliphatic heterocycles. The fourth-order valence-corrected chi connectivity index (χ4v) is 5.79. The fraction of sp³-hybridized carbons (Fsp3) is 0.316. The molecule has 1 heterocycles. The lowest BCUT2D eigenvalue weighted by molar-refractivity contribution is -0.120. The first kappa shape index (κ1) is 21.8. The molecule has 1 amide bonds. The Balaban J connectivity index is 1.59. The van der Waals surface area contributed by atoms with Crippen LogP contribution in [-0.2, 0) is 20.6 Å². The van der Waals surface area contributed by atoms with Gasteiger partial charge in [-0.3, -0.25) is 4.79 Å². The van der Waals surface area contributed by atoms with Crippen molar-refractivity contribution in [2.45, 2.75) is 18.6 Å². The number of hydrogen-bond donors (Lipinski definition) is 1. The summed E-state index contributed by atoms with van der Waals surface area (Å²) in [5, 5.41) is 3.57. The Kier molecular flexibility index (Phi) is 7.25. The number of anilines is 1. The highest BCUT2D eigenvalue weighted by atomic mass is 127. The third-order valence-corrected chi connectivity index (χ3v) is 7.95. The minimum absolute atomic E-state index is 0.0765. The summed E-state index contributed by atoms with van der Waals surface area (Å²) in [5.41, 5.74) is 1.15. The SMILES string of the molecule is O=C(Nc1ccc(I)cc1)C1CCN(S(=O)(=O)Cc2c(Cl)cccc2Cl)CC1. The Morgan fingerprint density at radius 1 is 1.07 bits per heavy atom. The second-order valence-corrected chi connectivity index (χ2v) is 10.7. The van der Waals surface area contributed by atoms with Gasteiger partial charge in [-0.25, -0.2) is 12.7 Å². The summed E-state index contributed by atoms with van der Waals surface area (Å²) in [6.07, 6.45) is 0.956. The van der Waals surface area contributed by atoms with E-state index in [1.807, 2.05) is 24.3 Å². The van der Waals surface area contributed by atoms with Crippen LogP contribution < -0.4 is 5.32 Å². The van der Waals surface area contributed by atoms with Gasteiger partial charge in [0.05, 0.1) is 5.75 Å². The summed E-state index contributed by atoms with van der Waals surface area (Å²) in [5.74, 6) is -0.535. The lowest BCUT2D eigenvalue weighted by atomic mass is 9.97. The first-order valence-corrected chi connectivity index (χ1v) is 12.2. The molecule has 0 saturated carbocycles. The van der Waals surface area contributed by atoms with Crippen LogP contribution in [0.25, 0.3) is 0 Å². The quantitative estimate of drug-likeness (QED) is 0.543. The lowest BCUT2D eigenvalue weighted by Crippen LogP contribution is -2.41. The maximum absolute atomic E-state index is 12.8. The molecule has 1 saturated heterocycles. The van der Waals surface area contributed by atoms with Crippen LogP contribution in [-0.4, -0.2) is 31.7 Å². The van der Waals surface area contributed by atoms with Gasteiger partial charge in [-0.15, -0.1) is 0 Å². The summed E-state index contributed by atoms with van der Waals surface area (Å²) in [4.78, 5) is 12.5. The van der Waals surface area contributed by atoms with Gasteiger partial charge < -0.3 is 5.32 Å². The zero-order valence-electron chi connectivity index (χ0n) is 14.9. The van der Waals surface area contributed by atoms with Crippen molar-refractivity contribution < 1.29 is 13.2 Å². The van der Waals surface area contributed by atoms with E-state index in [4.69, 9.17) is 23.2 Å². The van der Waals surface area contributed by atoms with E-state index in [0.29, 0.717) is 41.5 Å². The van der Waals surface area contributed by atoms with Crippen LogP contribution in [0.1, 0.15) is 18.4 Å². The number of nitrogens with zero attached hydrogens (tertiary/aromatic N) is 1. The number of halogens is 3. The molecule has 0 unspecified atom stereocenters. The van der Waals surface area contributed by atoms with Crippen LogP contribution in [0.5, 0.6) is 0 Å². The molecule has 150 valence electrons. The maximum atomic E-state index is 12.8. The van der Waals surface area contributed by atoms with E-state index in [0.717, 1.165) is 9.26 Å². The maximum Gasteiger partial charge on any atom is 0.227 e. The number of nitrogens with one attached hydrogen (secondary N) is 1. The van der Waals surface area contributed by atoms with Crippen LogP contribution in [0.15, 0.2) is 42.5 Å². The van der Waals surface area contributed by atoms with Gasteiger partial charge in [0, 0.05) is 43.9 Å². The van der Waals surface area contributed by atoms with Crippen molar-refractivity contribution in [1.82, 2.24) is 4.31 Å². The number of hydrogen-bond acceptors (Lipinski definition) is 3. The lowest BCUT2D eigenvalue weighted by Gasteiger charge is -2.30. The molecule has 1 aliphatic rings. The highest BCUT2D eigenvalue weighted by molar-refractivity contribution is 14.1. The molecule has 9 heteroatoms. The Morgan fingerprint density at radius 3 is 2.21 bits per heavy atom. The number of benzene rings is 2. The third-order valence-electron chi connectivity index (χ3n) is 4.72. The minimum atomic E-state index is -3.56. The van der Waals surface area contributed by atoms with Crippen molar-refractivity contribution in [3.63, 3.8) is 0 Å². The topological polar surface area (TPSA) is 66.5 Å². The van der Waals surface area contributed by atoms with E-state index >= 15 is 0 Å².